The molecule has 13 nitrogen and oxygen atoms in total. The predicted molar refractivity (Wildman–Crippen MR) is 189 cm³/mol. The van der Waals surface area contributed by atoms with Crippen molar-refractivity contribution in [3.8, 4) is 0 Å². The van der Waals surface area contributed by atoms with Crippen LogP contribution < -0.4 is 0 Å². The van der Waals surface area contributed by atoms with Crippen LogP contribution in [0.4, 0.5) is 0 Å². The largest absolute Gasteiger partial charge is 0.396 e. The smallest absolute Gasteiger partial charge is 0.186 e. The molecule has 3 aliphatic heterocycles. The van der Waals surface area contributed by atoms with Crippen LogP contribution in [0, 0.1) is 33.5 Å². The number of allylic oxidation sites excluding steroid dienone is 2. The number of carbonyl (C=O) groups excluding carboxylic acids is 1. The minimum Gasteiger partial charge on any atom is -0.396 e. The molecule has 1 spiro atoms. The van der Waals surface area contributed by atoms with Crippen LogP contribution in [-0.4, -0.2) is 134 Å². The van der Waals surface area contributed by atoms with Crippen molar-refractivity contribution < 1.29 is 64.2 Å². The zero-order valence-electron chi connectivity index (χ0n) is 32.3. The Labute approximate surface area is 313 Å². The minimum atomic E-state index is -1.63. The van der Waals surface area contributed by atoms with E-state index < -0.39 is 66.8 Å². The summed E-state index contributed by atoms with van der Waals surface area (Å²) in [6, 6.07) is 0. The fourth-order valence-corrected chi connectivity index (χ4v) is 12.7. The second-order valence-electron chi connectivity index (χ2n) is 18.5. The number of aliphatic hydroxyl groups excluding tert-OH is 7. The fourth-order valence-electron chi connectivity index (χ4n) is 12.7. The first-order valence-corrected chi connectivity index (χ1v) is 20.1. The summed E-state index contributed by atoms with van der Waals surface area (Å²) < 4.78 is 30.4. The van der Waals surface area contributed by atoms with Gasteiger partial charge in [-0.3, -0.25) is 4.79 Å². The summed E-state index contributed by atoms with van der Waals surface area (Å²) in [5.41, 5.74) is 1.65. The van der Waals surface area contributed by atoms with Crippen LogP contribution in [-0.2, 0) is 28.5 Å². The number of carbonyl (C=O) groups is 1. The van der Waals surface area contributed by atoms with E-state index in [1.54, 1.807) is 5.57 Å². The van der Waals surface area contributed by atoms with Gasteiger partial charge >= 0.3 is 0 Å². The highest BCUT2D eigenvalue weighted by molar-refractivity contribution is 5.83. The van der Waals surface area contributed by atoms with Crippen LogP contribution >= 0.6 is 0 Å². The Morgan fingerprint density at radius 1 is 0.849 bits per heavy atom. The van der Waals surface area contributed by atoms with Gasteiger partial charge in [0.2, 0.25) is 0 Å². The Bertz CT molecular complexity index is 1420. The van der Waals surface area contributed by atoms with Gasteiger partial charge < -0.3 is 59.4 Å². The van der Waals surface area contributed by atoms with Crippen molar-refractivity contribution in [2.45, 2.75) is 179 Å². The molecule has 5 fully saturated rings. The highest BCUT2D eigenvalue weighted by Crippen LogP contribution is 2.75. The maximum atomic E-state index is 12.9. The first kappa shape index (κ1) is 40.1. The standard InChI is InChI=1S/C40H64O13/c1-7-23(42)25-16-20(2)40(53-25)15-14-38(5)22-8-9-27-36(3,21(22)10-13-39(38,40)6)12-11-28(37(27,4)19-41)52-35-33(48)31(46)30(45)26(51-35)18-50-34-32(47)29(44)24(43)17-49-34/h20,24-35,41,43-48H,7-19H2,1-6H3. The molecule has 2 saturated carbocycles. The molecule has 7 rings (SSSR count). The lowest BCUT2D eigenvalue weighted by atomic mass is 9.42. The monoisotopic (exact) mass is 752 g/mol. The second kappa shape index (κ2) is 14.1. The lowest BCUT2D eigenvalue weighted by Crippen LogP contribution is -2.63. The van der Waals surface area contributed by atoms with Gasteiger partial charge in [0.1, 0.15) is 48.8 Å². The average molecular weight is 753 g/mol. The molecular weight excluding hydrogens is 688 g/mol. The maximum Gasteiger partial charge on any atom is 0.186 e. The van der Waals surface area contributed by atoms with Crippen LogP contribution in [0.3, 0.4) is 0 Å². The van der Waals surface area contributed by atoms with Crippen LogP contribution in [0.2, 0.25) is 0 Å². The van der Waals surface area contributed by atoms with Gasteiger partial charge in [0.25, 0.3) is 0 Å². The molecule has 0 aromatic heterocycles. The Hall–Kier alpha value is -1.07. The molecule has 302 valence electrons. The second-order valence-corrected chi connectivity index (χ2v) is 18.5. The van der Waals surface area contributed by atoms with E-state index in [-0.39, 0.29) is 59.5 Å². The van der Waals surface area contributed by atoms with E-state index in [9.17, 15) is 40.5 Å². The Kier molecular flexibility index (Phi) is 10.7. The maximum absolute atomic E-state index is 12.9. The van der Waals surface area contributed by atoms with Gasteiger partial charge in [-0.1, -0.05) is 52.7 Å². The van der Waals surface area contributed by atoms with E-state index >= 15 is 0 Å². The topological polar surface area (TPSA) is 205 Å². The van der Waals surface area contributed by atoms with Crippen LogP contribution in [0.1, 0.15) is 106 Å². The van der Waals surface area contributed by atoms with Crippen molar-refractivity contribution >= 4 is 5.78 Å². The highest BCUT2D eigenvalue weighted by atomic mass is 16.7. The molecule has 4 aliphatic carbocycles. The summed E-state index contributed by atoms with van der Waals surface area (Å²) in [6.07, 6.45) is -5.43. The molecule has 7 aliphatic rings. The van der Waals surface area contributed by atoms with Gasteiger partial charge in [0.05, 0.1) is 31.5 Å². The highest BCUT2D eigenvalue weighted by Gasteiger charge is 2.72. The summed E-state index contributed by atoms with van der Waals surface area (Å²) >= 11 is 0. The molecule has 0 radical (unpaired) electrons. The van der Waals surface area contributed by atoms with E-state index in [4.69, 9.17) is 23.7 Å². The molecule has 3 saturated heterocycles. The Balaban J connectivity index is 1.09. The van der Waals surface area contributed by atoms with Crippen LogP contribution in [0.5, 0.6) is 0 Å². The van der Waals surface area contributed by atoms with Crippen LogP contribution in [0.15, 0.2) is 11.1 Å². The Morgan fingerprint density at radius 2 is 1.57 bits per heavy atom. The van der Waals surface area contributed by atoms with Crippen molar-refractivity contribution in [1.29, 1.82) is 0 Å². The molecule has 7 N–H and O–H groups in total. The lowest BCUT2D eigenvalue weighted by molar-refractivity contribution is -0.339. The third kappa shape index (κ3) is 5.81. The van der Waals surface area contributed by atoms with Gasteiger partial charge in [-0.05, 0) is 80.5 Å². The van der Waals surface area contributed by atoms with Crippen LogP contribution in [0.25, 0.3) is 0 Å². The van der Waals surface area contributed by atoms with Crippen molar-refractivity contribution in [2.75, 3.05) is 19.8 Å². The zero-order chi connectivity index (χ0) is 38.5. The average Bonchev–Trinajstić information content (AvgIpc) is 3.61. The van der Waals surface area contributed by atoms with Crippen molar-refractivity contribution in [3.63, 3.8) is 0 Å². The van der Waals surface area contributed by atoms with E-state index in [0.717, 1.165) is 51.4 Å². The number of ether oxygens (including phenoxy) is 5. The third-order valence-electron chi connectivity index (χ3n) is 16.3. The third-order valence-corrected chi connectivity index (χ3v) is 16.3. The van der Waals surface area contributed by atoms with Gasteiger partial charge in [0, 0.05) is 17.3 Å². The Morgan fingerprint density at radius 3 is 2.26 bits per heavy atom. The quantitative estimate of drug-likeness (QED) is 0.177. The minimum absolute atomic E-state index is 0.0659. The zero-order valence-corrected chi connectivity index (χ0v) is 32.3. The molecule has 18 unspecified atom stereocenters. The van der Waals surface area contributed by atoms with Gasteiger partial charge in [0.15, 0.2) is 18.4 Å². The molecule has 0 aromatic carbocycles. The molecule has 0 amide bonds. The van der Waals surface area contributed by atoms with E-state index in [0.29, 0.717) is 18.8 Å². The molecule has 18 atom stereocenters. The van der Waals surface area contributed by atoms with E-state index in [2.05, 4.69) is 27.7 Å². The molecule has 0 bridgehead atoms. The normalized spacial score (nSPS) is 54.1. The number of hydrogen-bond acceptors (Lipinski definition) is 13. The molecule has 0 aromatic rings. The first-order chi connectivity index (χ1) is 24.9. The first-order valence-electron chi connectivity index (χ1n) is 20.1. The number of rotatable bonds is 8. The summed E-state index contributed by atoms with van der Waals surface area (Å²) in [7, 11) is 0. The fraction of sp³-hybridized carbons (Fsp3) is 0.925. The van der Waals surface area contributed by atoms with Crippen molar-refractivity contribution in [1.82, 2.24) is 0 Å². The number of ketones is 1. The predicted octanol–water partition coefficient (Wildman–Crippen LogP) is 1.88. The molecule has 13 heteroatoms. The summed E-state index contributed by atoms with van der Waals surface area (Å²) in [5.74, 6) is 0.566. The number of Topliss-reactive ketones (excluding diaryl/α,β-unsaturated/α-hetero) is 1. The molecular formula is C40H64O13. The molecule has 53 heavy (non-hydrogen) atoms. The van der Waals surface area contributed by atoms with Crippen molar-refractivity contribution in [2.24, 2.45) is 33.5 Å². The van der Waals surface area contributed by atoms with E-state index in [1.165, 1.54) is 5.57 Å². The lowest BCUT2D eigenvalue weighted by Gasteiger charge is -2.63. The summed E-state index contributed by atoms with van der Waals surface area (Å²) in [4.78, 5) is 12.9. The van der Waals surface area contributed by atoms with Gasteiger partial charge in [-0.2, -0.15) is 0 Å². The number of hydrogen-bond donors (Lipinski definition) is 7. The number of aliphatic hydroxyl groups is 7. The molecule has 3 heterocycles. The van der Waals surface area contributed by atoms with E-state index in [1.807, 2.05) is 13.8 Å². The van der Waals surface area contributed by atoms with Gasteiger partial charge in [-0.25, -0.2) is 0 Å². The summed E-state index contributed by atoms with van der Waals surface area (Å²) in [5, 5.41) is 73.9. The van der Waals surface area contributed by atoms with Gasteiger partial charge in [-0.15, -0.1) is 0 Å². The van der Waals surface area contributed by atoms with Crippen molar-refractivity contribution in [3.05, 3.63) is 11.1 Å². The number of fused-ring (bicyclic) bond motifs is 5. The summed E-state index contributed by atoms with van der Waals surface area (Å²) in [6.45, 7) is 12.7. The SMILES string of the molecule is CCC(=O)C1CC(C)C2(CCC3(C)C4=C(CCC32C)C2(C)CCC(OC3OC(COC5OCC(O)C(O)C5O)C(O)C(O)C3O)C(C)(CO)C2CC4)O1.